The van der Waals surface area contributed by atoms with Gasteiger partial charge in [-0.15, -0.1) is 0 Å². The number of aryl methyl sites for hydroxylation is 1. The van der Waals surface area contributed by atoms with Crippen LogP contribution in [0.2, 0.25) is 0 Å². The first-order valence-electron chi connectivity index (χ1n) is 9.72. The molecule has 6 heteroatoms. The van der Waals surface area contributed by atoms with Crippen molar-refractivity contribution in [3.8, 4) is 0 Å². The lowest BCUT2D eigenvalue weighted by atomic mass is 9.84. The fourth-order valence-electron chi connectivity index (χ4n) is 3.88. The van der Waals surface area contributed by atoms with E-state index in [9.17, 15) is 9.59 Å². The predicted molar refractivity (Wildman–Crippen MR) is 102 cm³/mol. The first-order chi connectivity index (χ1) is 12.7. The Kier molecular flexibility index (Phi) is 4.66. The van der Waals surface area contributed by atoms with Gasteiger partial charge in [0.1, 0.15) is 0 Å². The molecule has 0 spiro atoms. The van der Waals surface area contributed by atoms with Crippen LogP contribution in [0.15, 0.2) is 29.1 Å². The van der Waals surface area contributed by atoms with Gasteiger partial charge in [-0.2, -0.15) is 0 Å². The second kappa shape index (κ2) is 7.09. The van der Waals surface area contributed by atoms with E-state index in [2.05, 4.69) is 11.9 Å². The summed E-state index contributed by atoms with van der Waals surface area (Å²) in [5, 5.41) is 0. The molecule has 6 nitrogen and oxygen atoms in total. The number of nitrogens with zero attached hydrogens (tertiary/aromatic N) is 4. The van der Waals surface area contributed by atoms with Gasteiger partial charge in [-0.05, 0) is 31.4 Å². The molecule has 0 atom stereocenters. The van der Waals surface area contributed by atoms with E-state index in [4.69, 9.17) is 0 Å². The monoisotopic (exact) mass is 354 g/mol. The molecular weight excluding hydrogens is 328 g/mol. The van der Waals surface area contributed by atoms with Gasteiger partial charge in [-0.3, -0.25) is 9.59 Å². The summed E-state index contributed by atoms with van der Waals surface area (Å²) in [5.74, 6) is 1.06. The SMILES string of the molecule is CCCn1c(=O)c(N2CCN(C(=O)C3CCC3)CC2)nc2ccccc21. The highest BCUT2D eigenvalue weighted by molar-refractivity contribution is 5.80. The van der Waals surface area contributed by atoms with Crippen LogP contribution in [0.4, 0.5) is 5.82 Å². The largest absolute Gasteiger partial charge is 0.348 e. The van der Waals surface area contributed by atoms with E-state index in [1.807, 2.05) is 38.6 Å². The zero-order valence-electron chi connectivity index (χ0n) is 15.4. The zero-order chi connectivity index (χ0) is 18.1. The normalized spacial score (nSPS) is 18.2. The fraction of sp³-hybridized carbons (Fsp3) is 0.550. The smallest absolute Gasteiger partial charge is 0.294 e. The Hall–Kier alpha value is -2.37. The molecule has 1 saturated heterocycles. The molecule has 2 heterocycles. The number of benzene rings is 1. The van der Waals surface area contributed by atoms with Crippen molar-refractivity contribution < 1.29 is 4.79 Å². The van der Waals surface area contributed by atoms with E-state index in [0.29, 0.717) is 44.4 Å². The molecule has 2 aromatic rings. The zero-order valence-corrected chi connectivity index (χ0v) is 15.4. The Bertz CT molecular complexity index is 864. The molecule has 138 valence electrons. The van der Waals surface area contributed by atoms with Gasteiger partial charge in [0.25, 0.3) is 5.56 Å². The first-order valence-corrected chi connectivity index (χ1v) is 9.72. The number of aromatic nitrogens is 2. The third-order valence-corrected chi connectivity index (χ3v) is 5.63. The summed E-state index contributed by atoms with van der Waals surface area (Å²) in [6, 6.07) is 7.81. The van der Waals surface area contributed by atoms with E-state index in [-0.39, 0.29) is 11.5 Å². The third kappa shape index (κ3) is 2.97. The maximum Gasteiger partial charge on any atom is 0.294 e. The highest BCUT2D eigenvalue weighted by Crippen LogP contribution is 2.28. The van der Waals surface area contributed by atoms with Gasteiger partial charge < -0.3 is 14.4 Å². The van der Waals surface area contributed by atoms with Crippen LogP contribution >= 0.6 is 0 Å². The van der Waals surface area contributed by atoms with Crippen LogP contribution in [0.25, 0.3) is 11.0 Å². The standard InChI is InChI=1S/C20H26N4O2/c1-2-10-24-17-9-4-3-8-16(17)21-18(20(24)26)22-11-13-23(14-12-22)19(25)15-6-5-7-15/h3-4,8-9,15H,2,5-7,10-14H2,1H3. The Morgan fingerprint density at radius 3 is 2.54 bits per heavy atom. The molecule has 0 unspecified atom stereocenters. The van der Waals surface area contributed by atoms with E-state index in [1.165, 1.54) is 6.42 Å². The number of amides is 1. The Morgan fingerprint density at radius 2 is 1.88 bits per heavy atom. The molecule has 0 radical (unpaired) electrons. The number of anilines is 1. The average molecular weight is 354 g/mol. The third-order valence-electron chi connectivity index (χ3n) is 5.63. The van der Waals surface area contributed by atoms with E-state index in [1.54, 1.807) is 0 Å². The maximum absolute atomic E-state index is 13.0. The lowest BCUT2D eigenvalue weighted by Crippen LogP contribution is -2.52. The lowest BCUT2D eigenvalue weighted by Gasteiger charge is -2.38. The number of hydrogen-bond donors (Lipinski definition) is 0. The van der Waals surface area contributed by atoms with Crippen molar-refractivity contribution in [2.75, 3.05) is 31.1 Å². The summed E-state index contributed by atoms with van der Waals surface area (Å²) < 4.78 is 1.84. The number of hydrogen-bond acceptors (Lipinski definition) is 4. The van der Waals surface area contributed by atoms with Crippen LogP contribution in [0.5, 0.6) is 0 Å². The second-order valence-electron chi connectivity index (χ2n) is 7.32. The predicted octanol–water partition coefficient (Wildman–Crippen LogP) is 2.26. The van der Waals surface area contributed by atoms with Gasteiger partial charge in [0, 0.05) is 38.6 Å². The van der Waals surface area contributed by atoms with Crippen LogP contribution in [0, 0.1) is 5.92 Å². The van der Waals surface area contributed by atoms with E-state index >= 15 is 0 Å². The minimum Gasteiger partial charge on any atom is -0.348 e. The van der Waals surface area contributed by atoms with Gasteiger partial charge in [0.2, 0.25) is 5.91 Å². The molecular formula is C20H26N4O2. The fourth-order valence-corrected chi connectivity index (χ4v) is 3.88. The lowest BCUT2D eigenvalue weighted by molar-refractivity contribution is -0.138. The molecule has 2 fully saturated rings. The minimum atomic E-state index is -0.0238. The summed E-state index contributed by atoms with van der Waals surface area (Å²) in [6.07, 6.45) is 4.14. The van der Waals surface area contributed by atoms with Gasteiger partial charge >= 0.3 is 0 Å². The summed E-state index contributed by atoms with van der Waals surface area (Å²) in [7, 11) is 0. The Balaban J connectivity index is 1.58. The van der Waals surface area contributed by atoms with Crippen molar-refractivity contribution >= 4 is 22.8 Å². The Labute approximate surface area is 153 Å². The van der Waals surface area contributed by atoms with Crippen molar-refractivity contribution in [2.24, 2.45) is 5.92 Å². The second-order valence-corrected chi connectivity index (χ2v) is 7.32. The number of carbonyl (C=O) groups is 1. The summed E-state index contributed by atoms with van der Waals surface area (Å²) >= 11 is 0. The van der Waals surface area contributed by atoms with Crippen LogP contribution in [-0.4, -0.2) is 46.5 Å². The average Bonchev–Trinajstić information content (AvgIpc) is 2.62. The van der Waals surface area contributed by atoms with E-state index in [0.717, 1.165) is 30.3 Å². The maximum atomic E-state index is 13.0. The summed E-state index contributed by atoms with van der Waals surface area (Å²) in [5.41, 5.74) is 1.72. The number of rotatable bonds is 4. The number of piperazine rings is 1. The van der Waals surface area contributed by atoms with E-state index < -0.39 is 0 Å². The molecule has 1 aliphatic carbocycles. The topological polar surface area (TPSA) is 58.4 Å². The van der Waals surface area contributed by atoms with Crippen LogP contribution in [0.3, 0.4) is 0 Å². The summed E-state index contributed by atoms with van der Waals surface area (Å²) in [4.78, 5) is 34.1. The first kappa shape index (κ1) is 17.1. The molecule has 1 aromatic heterocycles. The Morgan fingerprint density at radius 1 is 1.15 bits per heavy atom. The molecule has 0 bridgehead atoms. The molecule has 4 rings (SSSR count). The van der Waals surface area contributed by atoms with Crippen molar-refractivity contribution in [3.05, 3.63) is 34.6 Å². The van der Waals surface area contributed by atoms with Gasteiger partial charge in [-0.1, -0.05) is 25.5 Å². The van der Waals surface area contributed by atoms with Crippen molar-refractivity contribution in [2.45, 2.75) is 39.2 Å². The molecule has 0 N–H and O–H groups in total. The molecule has 1 amide bonds. The van der Waals surface area contributed by atoms with Crippen LogP contribution in [-0.2, 0) is 11.3 Å². The number of para-hydroxylation sites is 2. The van der Waals surface area contributed by atoms with Crippen molar-refractivity contribution in [1.82, 2.24) is 14.5 Å². The summed E-state index contributed by atoms with van der Waals surface area (Å²) in [6.45, 7) is 5.46. The quantitative estimate of drug-likeness (QED) is 0.845. The van der Waals surface area contributed by atoms with Gasteiger partial charge in [-0.25, -0.2) is 4.98 Å². The molecule has 2 aliphatic rings. The highest BCUT2D eigenvalue weighted by Gasteiger charge is 2.32. The van der Waals surface area contributed by atoms with Crippen molar-refractivity contribution in [3.63, 3.8) is 0 Å². The highest BCUT2D eigenvalue weighted by atomic mass is 16.2. The number of fused-ring (bicyclic) bond motifs is 1. The molecule has 1 saturated carbocycles. The van der Waals surface area contributed by atoms with Crippen LogP contribution in [0.1, 0.15) is 32.6 Å². The van der Waals surface area contributed by atoms with Gasteiger partial charge in [0.15, 0.2) is 5.82 Å². The molecule has 1 aromatic carbocycles. The number of carbonyl (C=O) groups excluding carboxylic acids is 1. The van der Waals surface area contributed by atoms with Crippen LogP contribution < -0.4 is 10.5 Å². The van der Waals surface area contributed by atoms with Gasteiger partial charge in [0.05, 0.1) is 11.0 Å². The molecule has 1 aliphatic heterocycles. The minimum absolute atomic E-state index is 0.0238. The molecule has 26 heavy (non-hydrogen) atoms. The van der Waals surface area contributed by atoms with Crippen molar-refractivity contribution in [1.29, 1.82) is 0 Å².